The Balaban J connectivity index is 1.76. The number of rotatable bonds is 6. The molecule has 1 amide bonds. The van der Waals surface area contributed by atoms with Gasteiger partial charge in [0.1, 0.15) is 5.75 Å². The highest BCUT2D eigenvalue weighted by Crippen LogP contribution is 2.41. The van der Waals surface area contributed by atoms with Gasteiger partial charge in [0.2, 0.25) is 0 Å². The fraction of sp³-hybridized carbons (Fsp3) is 0.269. The average molecular weight is 535 g/mol. The lowest BCUT2D eigenvalue weighted by Crippen LogP contribution is -2.43. The minimum absolute atomic E-state index is 0.0454. The molecule has 10 heteroatoms. The van der Waals surface area contributed by atoms with Gasteiger partial charge in [-0.05, 0) is 71.3 Å². The third-order valence-electron chi connectivity index (χ3n) is 6.24. The third kappa shape index (κ3) is 6.14. The molecule has 0 heterocycles. The molecule has 0 atom stereocenters. The van der Waals surface area contributed by atoms with Crippen molar-refractivity contribution in [3.8, 4) is 16.9 Å². The molecule has 0 aromatic heterocycles. The van der Waals surface area contributed by atoms with Gasteiger partial charge in [0, 0.05) is 21.8 Å². The summed E-state index contributed by atoms with van der Waals surface area (Å²) in [5.41, 5.74) is 0.901. The summed E-state index contributed by atoms with van der Waals surface area (Å²) in [6.45, 7) is 10.4. The normalized spacial score (nSPS) is 12.2. The SMILES string of the molecule is CC(C)(C)[Si](C)(C)Oc1ccc(NC(=O)c2ccc(-c3ccc(C(F)(F)F)cc3Cl)cc2)cc1N=O. The highest BCUT2D eigenvalue weighted by molar-refractivity contribution is 6.74. The molecule has 0 spiro atoms. The second-order valence-electron chi connectivity index (χ2n) is 9.86. The van der Waals surface area contributed by atoms with Crippen LogP contribution in [-0.2, 0) is 6.18 Å². The maximum atomic E-state index is 12.9. The van der Waals surface area contributed by atoms with Crippen molar-refractivity contribution in [3.63, 3.8) is 0 Å². The second kappa shape index (κ2) is 10.1. The van der Waals surface area contributed by atoms with Crippen LogP contribution in [-0.4, -0.2) is 14.2 Å². The zero-order chi connectivity index (χ0) is 26.9. The van der Waals surface area contributed by atoms with Crippen molar-refractivity contribution in [1.29, 1.82) is 0 Å². The molecule has 5 nitrogen and oxygen atoms in total. The van der Waals surface area contributed by atoms with E-state index in [1.807, 2.05) is 0 Å². The molecule has 0 saturated carbocycles. The highest BCUT2D eigenvalue weighted by Gasteiger charge is 2.39. The van der Waals surface area contributed by atoms with Crippen LogP contribution < -0.4 is 9.74 Å². The number of halogens is 4. The number of anilines is 1. The average Bonchev–Trinajstić information content (AvgIpc) is 2.78. The quantitative estimate of drug-likeness (QED) is 0.253. The fourth-order valence-corrected chi connectivity index (χ4v) is 4.43. The number of nitroso groups, excluding NO2 is 1. The Bertz CT molecular complexity index is 1290. The molecule has 190 valence electrons. The number of nitrogens with one attached hydrogen (secondary N) is 1. The largest absolute Gasteiger partial charge is 0.542 e. The van der Waals surface area contributed by atoms with E-state index in [1.54, 1.807) is 24.3 Å². The fourth-order valence-electron chi connectivity index (χ4n) is 3.11. The van der Waals surface area contributed by atoms with Gasteiger partial charge in [0.15, 0.2) is 5.69 Å². The predicted molar refractivity (Wildman–Crippen MR) is 140 cm³/mol. The van der Waals surface area contributed by atoms with Gasteiger partial charge in [-0.3, -0.25) is 4.79 Å². The Morgan fingerprint density at radius 2 is 1.61 bits per heavy atom. The lowest BCUT2D eigenvalue weighted by Gasteiger charge is -2.36. The molecule has 0 radical (unpaired) electrons. The summed E-state index contributed by atoms with van der Waals surface area (Å²) >= 11 is 6.06. The molecule has 3 aromatic carbocycles. The Morgan fingerprint density at radius 1 is 0.972 bits per heavy atom. The molecule has 0 unspecified atom stereocenters. The van der Waals surface area contributed by atoms with E-state index in [1.165, 1.54) is 24.3 Å². The first-order chi connectivity index (χ1) is 16.6. The number of nitrogens with zero attached hydrogens (tertiary/aromatic N) is 1. The smallest absolute Gasteiger partial charge is 0.416 e. The predicted octanol–water partition coefficient (Wildman–Crippen LogP) is 9.06. The summed E-state index contributed by atoms with van der Waals surface area (Å²) < 4.78 is 44.8. The van der Waals surface area contributed by atoms with Crippen LogP contribution in [0.25, 0.3) is 11.1 Å². The van der Waals surface area contributed by atoms with Gasteiger partial charge in [-0.2, -0.15) is 13.2 Å². The molecular formula is C26H26ClF3N2O3Si. The van der Waals surface area contributed by atoms with Crippen LogP contribution in [0, 0.1) is 4.91 Å². The lowest BCUT2D eigenvalue weighted by molar-refractivity contribution is -0.137. The van der Waals surface area contributed by atoms with E-state index in [2.05, 4.69) is 44.4 Å². The topological polar surface area (TPSA) is 67.8 Å². The van der Waals surface area contributed by atoms with Gasteiger partial charge in [0.25, 0.3) is 14.2 Å². The third-order valence-corrected chi connectivity index (χ3v) is 10.9. The van der Waals surface area contributed by atoms with E-state index >= 15 is 0 Å². The number of carbonyl (C=O) groups is 1. The Labute approximate surface area is 213 Å². The Kier molecular flexibility index (Phi) is 7.66. The van der Waals surface area contributed by atoms with Gasteiger partial charge in [0.05, 0.1) is 5.56 Å². The molecule has 36 heavy (non-hydrogen) atoms. The van der Waals surface area contributed by atoms with Crippen molar-refractivity contribution in [2.24, 2.45) is 5.18 Å². The van der Waals surface area contributed by atoms with Gasteiger partial charge < -0.3 is 9.74 Å². The van der Waals surface area contributed by atoms with Crippen molar-refractivity contribution >= 4 is 37.2 Å². The molecule has 0 fully saturated rings. The number of benzene rings is 3. The van der Waals surface area contributed by atoms with Crippen LogP contribution in [0.5, 0.6) is 5.75 Å². The highest BCUT2D eigenvalue weighted by atomic mass is 35.5. The van der Waals surface area contributed by atoms with E-state index in [4.69, 9.17) is 16.0 Å². The van der Waals surface area contributed by atoms with E-state index in [0.29, 0.717) is 28.1 Å². The molecule has 0 aliphatic heterocycles. The summed E-state index contributed by atoms with van der Waals surface area (Å²) in [4.78, 5) is 24.2. The maximum absolute atomic E-state index is 12.9. The maximum Gasteiger partial charge on any atom is 0.416 e. The number of hydrogen-bond donors (Lipinski definition) is 1. The summed E-state index contributed by atoms with van der Waals surface area (Å²) in [7, 11) is -2.20. The minimum atomic E-state index is -4.49. The zero-order valence-electron chi connectivity index (χ0n) is 20.5. The first-order valence-electron chi connectivity index (χ1n) is 11.1. The molecule has 1 N–H and O–H groups in total. The van der Waals surface area contributed by atoms with Gasteiger partial charge >= 0.3 is 6.18 Å². The van der Waals surface area contributed by atoms with Gasteiger partial charge in [-0.25, -0.2) is 0 Å². The van der Waals surface area contributed by atoms with Gasteiger partial charge in [-0.15, -0.1) is 4.91 Å². The number of alkyl halides is 3. The molecule has 3 aromatic rings. The summed E-state index contributed by atoms with van der Waals surface area (Å²) in [6.07, 6.45) is -4.49. The number of amides is 1. The first-order valence-corrected chi connectivity index (χ1v) is 14.4. The lowest BCUT2D eigenvalue weighted by atomic mass is 10.0. The number of carbonyl (C=O) groups excluding carboxylic acids is 1. The molecule has 0 aliphatic rings. The van der Waals surface area contributed by atoms with Crippen LogP contribution in [0.3, 0.4) is 0 Å². The summed E-state index contributed by atoms with van der Waals surface area (Å²) in [6, 6.07) is 14.1. The van der Waals surface area contributed by atoms with Crippen molar-refractivity contribution in [1.82, 2.24) is 0 Å². The second-order valence-corrected chi connectivity index (χ2v) is 15.0. The van der Waals surface area contributed by atoms with Crippen LogP contribution in [0.2, 0.25) is 23.2 Å². The Hall–Kier alpha value is -3.17. The standard InChI is InChI=1S/C26H26ClF3N2O3Si/c1-25(2,3)36(4,5)35-23-13-11-19(15-22(23)32-34)31-24(33)17-8-6-16(7-9-17)20-12-10-18(14-21(20)27)26(28,29)30/h6-15H,1-5H3,(H,31,33). The monoisotopic (exact) mass is 534 g/mol. The van der Waals surface area contributed by atoms with Crippen LogP contribution in [0.15, 0.2) is 65.8 Å². The van der Waals surface area contributed by atoms with E-state index in [0.717, 1.165) is 12.1 Å². The number of hydrogen-bond acceptors (Lipinski definition) is 4. The van der Waals surface area contributed by atoms with Crippen LogP contribution >= 0.6 is 11.6 Å². The molecular weight excluding hydrogens is 509 g/mol. The van der Waals surface area contributed by atoms with E-state index in [-0.39, 0.29) is 15.7 Å². The van der Waals surface area contributed by atoms with Crippen molar-refractivity contribution in [2.75, 3.05) is 5.32 Å². The van der Waals surface area contributed by atoms with Crippen molar-refractivity contribution in [2.45, 2.75) is 45.1 Å². The van der Waals surface area contributed by atoms with Crippen LogP contribution in [0.4, 0.5) is 24.5 Å². The van der Waals surface area contributed by atoms with E-state index < -0.39 is 26.0 Å². The molecule has 0 saturated heterocycles. The van der Waals surface area contributed by atoms with Gasteiger partial charge in [-0.1, -0.05) is 50.6 Å². The minimum Gasteiger partial charge on any atom is -0.542 e. The molecule has 0 bridgehead atoms. The van der Waals surface area contributed by atoms with Crippen molar-refractivity contribution < 1.29 is 22.4 Å². The Morgan fingerprint density at radius 3 is 2.14 bits per heavy atom. The molecule has 0 aliphatic carbocycles. The summed E-state index contributed by atoms with van der Waals surface area (Å²) in [5, 5.41) is 5.66. The first kappa shape index (κ1) is 27.4. The summed E-state index contributed by atoms with van der Waals surface area (Å²) in [5.74, 6) is -0.0673. The van der Waals surface area contributed by atoms with Crippen LogP contribution in [0.1, 0.15) is 36.7 Å². The van der Waals surface area contributed by atoms with E-state index in [9.17, 15) is 22.9 Å². The zero-order valence-corrected chi connectivity index (χ0v) is 22.2. The molecule has 3 rings (SSSR count). The van der Waals surface area contributed by atoms with Crippen molar-refractivity contribution in [3.05, 3.63) is 81.7 Å².